The minimum absolute atomic E-state index is 0.0191. The number of nitrogens with zero attached hydrogens (tertiary/aromatic N) is 1. The van der Waals surface area contributed by atoms with E-state index in [-0.39, 0.29) is 17.9 Å². The predicted octanol–water partition coefficient (Wildman–Crippen LogP) is 1.25. The third kappa shape index (κ3) is 3.16. The highest BCUT2D eigenvalue weighted by Gasteiger charge is 2.20. The molecule has 1 atom stereocenters. The summed E-state index contributed by atoms with van der Waals surface area (Å²) in [6.45, 7) is 4.30. The number of carbonyl (C=O) groups is 1. The van der Waals surface area contributed by atoms with Crippen molar-refractivity contribution in [1.82, 2.24) is 4.90 Å². The average Bonchev–Trinajstić information content (AvgIpc) is 2.41. The molecule has 0 aromatic heterocycles. The summed E-state index contributed by atoms with van der Waals surface area (Å²) in [6.07, 6.45) is 2.06. The zero-order chi connectivity index (χ0) is 9.68. The first-order chi connectivity index (χ1) is 6.27. The maximum atomic E-state index is 11.3. The van der Waals surface area contributed by atoms with E-state index < -0.39 is 0 Å². The zero-order valence-corrected chi connectivity index (χ0v) is 8.72. The van der Waals surface area contributed by atoms with Crippen LogP contribution < -0.4 is 0 Å². The van der Waals surface area contributed by atoms with Gasteiger partial charge in [-0.1, -0.05) is 6.92 Å². The molecule has 0 aromatic rings. The maximum Gasteiger partial charge on any atom is 0.237 e. The van der Waals surface area contributed by atoms with Crippen LogP contribution in [0.5, 0.6) is 0 Å². The Labute approximate surface area is 84.0 Å². The van der Waals surface area contributed by atoms with Crippen LogP contribution >= 0.6 is 11.6 Å². The lowest BCUT2D eigenvalue weighted by molar-refractivity contribution is -0.129. The molecule has 1 aliphatic rings. The van der Waals surface area contributed by atoms with Gasteiger partial charge in [0.15, 0.2) is 0 Å². The van der Waals surface area contributed by atoms with Gasteiger partial charge in [0.1, 0.15) is 5.88 Å². The lowest BCUT2D eigenvalue weighted by Gasteiger charge is -2.22. The predicted molar refractivity (Wildman–Crippen MR) is 51.9 cm³/mol. The molecule has 13 heavy (non-hydrogen) atoms. The monoisotopic (exact) mass is 205 g/mol. The van der Waals surface area contributed by atoms with Gasteiger partial charge in [-0.2, -0.15) is 0 Å². The van der Waals surface area contributed by atoms with E-state index in [0.717, 1.165) is 26.0 Å². The molecule has 1 unspecified atom stereocenters. The largest absolute Gasteiger partial charge is 0.376 e. The fourth-order valence-corrected chi connectivity index (χ4v) is 1.62. The van der Waals surface area contributed by atoms with E-state index in [9.17, 15) is 4.79 Å². The van der Waals surface area contributed by atoms with Gasteiger partial charge in [0, 0.05) is 19.7 Å². The SMILES string of the molecule is CCC1CN(C(=O)CCl)CCCO1. The van der Waals surface area contributed by atoms with Crippen molar-refractivity contribution < 1.29 is 9.53 Å². The van der Waals surface area contributed by atoms with Gasteiger partial charge in [-0.05, 0) is 12.8 Å². The summed E-state index contributed by atoms with van der Waals surface area (Å²) < 4.78 is 5.54. The van der Waals surface area contributed by atoms with Crippen LogP contribution in [0.4, 0.5) is 0 Å². The lowest BCUT2D eigenvalue weighted by atomic mass is 10.2. The summed E-state index contributed by atoms with van der Waals surface area (Å²) in [6, 6.07) is 0. The molecule has 0 aromatic carbocycles. The van der Waals surface area contributed by atoms with Crippen LogP contribution in [0.3, 0.4) is 0 Å². The molecule has 1 rings (SSSR count). The minimum Gasteiger partial charge on any atom is -0.376 e. The summed E-state index contributed by atoms with van der Waals surface area (Å²) in [5.74, 6) is 0.0989. The van der Waals surface area contributed by atoms with Crippen LogP contribution in [-0.2, 0) is 9.53 Å². The van der Waals surface area contributed by atoms with Crippen LogP contribution in [0, 0.1) is 0 Å². The molecule has 1 aliphatic heterocycles. The molecule has 1 amide bonds. The number of ether oxygens (including phenoxy) is 1. The van der Waals surface area contributed by atoms with Crippen LogP contribution in [0.15, 0.2) is 0 Å². The Balaban J connectivity index is 2.48. The summed E-state index contributed by atoms with van der Waals surface area (Å²) in [5.41, 5.74) is 0. The fraction of sp³-hybridized carbons (Fsp3) is 0.889. The number of alkyl halides is 1. The molecule has 3 nitrogen and oxygen atoms in total. The molecule has 1 heterocycles. The van der Waals surface area contributed by atoms with Crippen molar-refractivity contribution in [2.75, 3.05) is 25.6 Å². The van der Waals surface area contributed by atoms with Crippen molar-refractivity contribution >= 4 is 17.5 Å². The lowest BCUT2D eigenvalue weighted by Crippen LogP contribution is -2.37. The van der Waals surface area contributed by atoms with Crippen LogP contribution in [-0.4, -0.2) is 42.5 Å². The number of hydrogen-bond donors (Lipinski definition) is 0. The summed E-state index contributed by atoms with van der Waals surface area (Å²) in [7, 11) is 0. The van der Waals surface area contributed by atoms with E-state index in [0.29, 0.717) is 6.54 Å². The van der Waals surface area contributed by atoms with Gasteiger partial charge in [0.05, 0.1) is 6.10 Å². The molecular formula is C9H16ClNO2. The summed E-state index contributed by atoms with van der Waals surface area (Å²) in [5, 5.41) is 0. The number of carbonyl (C=O) groups excluding carboxylic acids is 1. The van der Waals surface area contributed by atoms with Gasteiger partial charge in [0.25, 0.3) is 0 Å². The van der Waals surface area contributed by atoms with Gasteiger partial charge in [-0.25, -0.2) is 0 Å². The highest BCUT2D eigenvalue weighted by molar-refractivity contribution is 6.27. The van der Waals surface area contributed by atoms with Crippen molar-refractivity contribution in [2.24, 2.45) is 0 Å². The van der Waals surface area contributed by atoms with Crippen LogP contribution in [0.2, 0.25) is 0 Å². The highest BCUT2D eigenvalue weighted by Crippen LogP contribution is 2.09. The smallest absolute Gasteiger partial charge is 0.237 e. The number of rotatable bonds is 2. The van der Waals surface area contributed by atoms with E-state index in [1.165, 1.54) is 0 Å². The first-order valence-electron chi connectivity index (χ1n) is 4.73. The standard InChI is InChI=1S/C9H16ClNO2/c1-2-8-7-11(9(12)6-10)4-3-5-13-8/h8H,2-7H2,1H3. The number of amides is 1. The van der Waals surface area contributed by atoms with Gasteiger partial charge in [0.2, 0.25) is 5.91 Å². The van der Waals surface area contributed by atoms with Gasteiger partial charge in [-0.15, -0.1) is 11.6 Å². The minimum atomic E-state index is 0.0191. The summed E-state index contributed by atoms with van der Waals surface area (Å²) in [4.78, 5) is 13.1. The van der Waals surface area contributed by atoms with E-state index in [4.69, 9.17) is 16.3 Å². The second kappa shape index (κ2) is 5.45. The molecule has 1 fully saturated rings. The van der Waals surface area contributed by atoms with Gasteiger partial charge < -0.3 is 9.64 Å². The van der Waals surface area contributed by atoms with E-state index in [1.807, 2.05) is 0 Å². The molecule has 0 aliphatic carbocycles. The van der Waals surface area contributed by atoms with Crippen LogP contribution in [0.1, 0.15) is 19.8 Å². The van der Waals surface area contributed by atoms with Crippen molar-refractivity contribution in [3.63, 3.8) is 0 Å². The quantitative estimate of drug-likeness (QED) is 0.636. The second-order valence-electron chi connectivity index (χ2n) is 3.23. The third-order valence-corrected chi connectivity index (χ3v) is 2.50. The zero-order valence-electron chi connectivity index (χ0n) is 7.96. The van der Waals surface area contributed by atoms with Crippen molar-refractivity contribution in [3.05, 3.63) is 0 Å². The maximum absolute atomic E-state index is 11.3. The second-order valence-corrected chi connectivity index (χ2v) is 3.50. The average molecular weight is 206 g/mol. The van der Waals surface area contributed by atoms with E-state index in [1.54, 1.807) is 4.90 Å². The van der Waals surface area contributed by atoms with Gasteiger partial charge >= 0.3 is 0 Å². The Kier molecular flexibility index (Phi) is 4.53. The molecule has 0 bridgehead atoms. The summed E-state index contributed by atoms with van der Waals surface area (Å²) >= 11 is 5.50. The Hall–Kier alpha value is -0.280. The Morgan fingerprint density at radius 2 is 2.46 bits per heavy atom. The molecule has 0 saturated carbocycles. The van der Waals surface area contributed by atoms with Crippen molar-refractivity contribution in [3.8, 4) is 0 Å². The fourth-order valence-electron chi connectivity index (χ4n) is 1.45. The Morgan fingerprint density at radius 3 is 3.08 bits per heavy atom. The number of halogens is 1. The topological polar surface area (TPSA) is 29.5 Å². The van der Waals surface area contributed by atoms with Crippen molar-refractivity contribution in [2.45, 2.75) is 25.9 Å². The van der Waals surface area contributed by atoms with Crippen molar-refractivity contribution in [1.29, 1.82) is 0 Å². The highest BCUT2D eigenvalue weighted by atomic mass is 35.5. The number of hydrogen-bond acceptors (Lipinski definition) is 2. The van der Waals surface area contributed by atoms with E-state index in [2.05, 4.69) is 6.92 Å². The normalized spacial score (nSPS) is 24.2. The molecule has 76 valence electrons. The molecule has 4 heteroatoms. The van der Waals surface area contributed by atoms with Gasteiger partial charge in [-0.3, -0.25) is 4.79 Å². The Morgan fingerprint density at radius 1 is 1.69 bits per heavy atom. The third-order valence-electron chi connectivity index (χ3n) is 2.27. The first kappa shape index (κ1) is 10.8. The first-order valence-corrected chi connectivity index (χ1v) is 5.26. The molecule has 0 N–H and O–H groups in total. The molecular weight excluding hydrogens is 190 g/mol. The van der Waals surface area contributed by atoms with Crippen LogP contribution in [0.25, 0.3) is 0 Å². The van der Waals surface area contributed by atoms with E-state index >= 15 is 0 Å². The molecule has 1 saturated heterocycles. The molecule has 0 spiro atoms. The molecule has 0 radical (unpaired) electrons. The Bertz CT molecular complexity index is 175.